The number of hydrogen-bond acceptors (Lipinski definition) is 2. The number of nitrogens with zero attached hydrogens (tertiary/aromatic N) is 5. The van der Waals surface area contributed by atoms with Gasteiger partial charge in [-0.25, -0.2) is 4.98 Å². The molecule has 9 aromatic carbocycles. The zero-order valence-electron chi connectivity index (χ0n) is 48.5. The molecule has 0 saturated carbocycles. The van der Waals surface area contributed by atoms with E-state index in [-0.39, 0.29) is 49.0 Å². The number of imidazole rings is 1. The van der Waals surface area contributed by atoms with E-state index in [1.54, 1.807) is 27.3 Å². The normalized spacial score (nSPS) is 13.7. The van der Waals surface area contributed by atoms with Gasteiger partial charge in [-0.2, -0.15) is 12.1 Å². The van der Waals surface area contributed by atoms with Crippen molar-refractivity contribution >= 4 is 67.9 Å². The van der Waals surface area contributed by atoms with E-state index in [1.165, 1.54) is 5.19 Å². The van der Waals surface area contributed by atoms with Crippen LogP contribution in [0.2, 0.25) is 19.6 Å². The molecule has 4 heterocycles. The van der Waals surface area contributed by atoms with Gasteiger partial charge in [-0.15, -0.1) is 24.3 Å². The molecule has 4 aromatic heterocycles. The van der Waals surface area contributed by atoms with Gasteiger partial charge in [0.25, 0.3) is 6.33 Å². The summed E-state index contributed by atoms with van der Waals surface area (Å²) in [5.74, 6) is 1.51. The van der Waals surface area contributed by atoms with Crippen LogP contribution in [0.25, 0.3) is 99.8 Å². The molecule has 0 atom stereocenters. The van der Waals surface area contributed by atoms with Crippen molar-refractivity contribution in [3.05, 3.63) is 237 Å². The SMILES string of the molecule is [2H]c1c([2H])c([2H])c(-c2cccc(-c3c([2H])c([2H])c([2H])c([2H])c3[2H])c2-[n+]2[c-]n(-c3[c-]c(Oc4[c-]c5c(cc4-n4c6ccccc6c6ccccc64)c4ccccc4n5-c4cc([Si](C)(C)C)ccn4)ccc3)c3ccccc32)c([2H])c1[2H].[Pt]. The monoisotopic (exact) mass is 1120 g/mol. The molecule has 71 heavy (non-hydrogen) atoms. The summed E-state index contributed by atoms with van der Waals surface area (Å²) in [7, 11) is -1.77. The van der Waals surface area contributed by atoms with Gasteiger partial charge >= 0.3 is 0 Å². The summed E-state index contributed by atoms with van der Waals surface area (Å²) in [6.45, 7) is 6.95. The van der Waals surface area contributed by atoms with Crippen LogP contribution >= 0.6 is 0 Å². The maximum absolute atomic E-state index is 9.12. The molecule has 0 aliphatic rings. The third kappa shape index (κ3) is 7.52. The largest absolute Gasteiger partial charge is 0.508 e. The van der Waals surface area contributed by atoms with Crippen molar-refractivity contribution in [2.24, 2.45) is 0 Å². The average molecular weight is 1120 g/mol. The number of ether oxygens (including phenoxy) is 1. The van der Waals surface area contributed by atoms with Gasteiger partial charge in [0.1, 0.15) is 5.82 Å². The van der Waals surface area contributed by atoms with Crippen molar-refractivity contribution < 1.29 is 44.1 Å². The molecular weight excluding hydrogens is 1070 g/mol. The van der Waals surface area contributed by atoms with E-state index >= 15 is 0 Å². The average Bonchev–Trinajstić information content (AvgIpc) is 4.36. The van der Waals surface area contributed by atoms with E-state index in [0.717, 1.165) is 55.1 Å². The summed E-state index contributed by atoms with van der Waals surface area (Å²) < 4.78 is 103. The first-order valence-corrected chi connectivity index (χ1v) is 26.4. The van der Waals surface area contributed by atoms with Crippen molar-refractivity contribution in [2.75, 3.05) is 0 Å². The molecule has 13 rings (SSSR count). The zero-order valence-corrected chi connectivity index (χ0v) is 41.7. The number of para-hydroxylation sites is 6. The summed E-state index contributed by atoms with van der Waals surface area (Å²) in [5, 5.41) is 5.38. The van der Waals surface area contributed by atoms with Crippen LogP contribution in [0.15, 0.2) is 218 Å². The number of hydrogen-bond donors (Lipinski definition) is 0. The van der Waals surface area contributed by atoms with Crippen LogP contribution in [0.3, 0.4) is 0 Å². The Hall–Kier alpha value is -8.09. The van der Waals surface area contributed by atoms with Crippen molar-refractivity contribution in [2.45, 2.75) is 19.6 Å². The van der Waals surface area contributed by atoms with Crippen LogP contribution < -0.4 is 14.5 Å². The third-order valence-electron chi connectivity index (χ3n) is 12.9. The molecular formula is C63H45N5OPtSi-2. The van der Waals surface area contributed by atoms with Crippen molar-refractivity contribution in [1.29, 1.82) is 0 Å². The van der Waals surface area contributed by atoms with Gasteiger partial charge < -0.3 is 18.4 Å². The summed E-state index contributed by atoms with van der Waals surface area (Å²) in [6.07, 6.45) is 5.35. The minimum Gasteiger partial charge on any atom is -0.508 e. The first kappa shape index (κ1) is 34.2. The van der Waals surface area contributed by atoms with Crippen molar-refractivity contribution in [1.82, 2.24) is 18.7 Å². The first-order chi connectivity index (χ1) is 38.5. The predicted octanol–water partition coefficient (Wildman–Crippen LogP) is 14.6. The molecule has 13 aromatic rings. The molecule has 0 saturated heterocycles. The van der Waals surface area contributed by atoms with Gasteiger partial charge in [0.2, 0.25) is 0 Å². The van der Waals surface area contributed by atoms with Gasteiger partial charge in [0.15, 0.2) is 0 Å². The molecule has 0 aliphatic heterocycles. The second-order valence-corrected chi connectivity index (χ2v) is 23.2. The van der Waals surface area contributed by atoms with Gasteiger partial charge in [-0.3, -0.25) is 4.57 Å². The molecule has 0 N–H and O–H groups in total. The minimum atomic E-state index is -1.77. The van der Waals surface area contributed by atoms with Gasteiger partial charge in [-0.1, -0.05) is 193 Å². The molecule has 8 heteroatoms. The van der Waals surface area contributed by atoms with Gasteiger partial charge in [0.05, 0.1) is 38.5 Å². The third-order valence-corrected chi connectivity index (χ3v) is 14.9. The zero-order chi connectivity index (χ0) is 55.6. The molecule has 0 bridgehead atoms. The molecule has 6 nitrogen and oxygen atoms in total. The quantitative estimate of drug-likeness (QED) is 0.0821. The Balaban J connectivity index is 0.00000651. The van der Waals surface area contributed by atoms with Gasteiger partial charge in [-0.05, 0) is 69.3 Å². The van der Waals surface area contributed by atoms with Gasteiger partial charge in [0, 0.05) is 66.1 Å². The Labute approximate surface area is 441 Å². The van der Waals surface area contributed by atoms with Crippen LogP contribution in [0.5, 0.6) is 11.5 Å². The number of benzene rings is 9. The molecule has 344 valence electrons. The Kier molecular flexibility index (Phi) is 8.54. The van der Waals surface area contributed by atoms with Crippen LogP contribution in [0.4, 0.5) is 0 Å². The fourth-order valence-corrected chi connectivity index (χ4v) is 10.8. The van der Waals surface area contributed by atoms with E-state index < -0.39 is 68.5 Å². The number of pyridine rings is 1. The number of rotatable bonds is 9. The van der Waals surface area contributed by atoms with E-state index in [9.17, 15) is 0 Å². The Morgan fingerprint density at radius 2 is 1.13 bits per heavy atom. The van der Waals surface area contributed by atoms with E-state index in [1.807, 2.05) is 85.1 Å². The molecule has 0 unspecified atom stereocenters. The smallest absolute Gasteiger partial charge is 0.268 e. The maximum Gasteiger partial charge on any atom is 0.268 e. The standard InChI is InChI=1S/C63H45N5OSi.Pt/c1-70(2,3)47-36-37-64-62(39-47)68-56-33-15-12-28-52(56)53-40-60(67-54-31-13-10-26-50(54)51-27-11-14-32-55(51)67)61(41-59(53)68)69-46-25-18-24-45(38-46)65-42-66(58-35-17-16-34-57(58)65)63-48(43-20-6-4-7-21-43)29-19-30-49(63)44-22-8-5-9-23-44;/h4-37,39-40H,1-3H3;/q-2;/i4D,5D,6D,7D,8D,9D,20D,21D,22D,23D;. The number of fused-ring (bicyclic) bond motifs is 7. The molecule has 0 aliphatic carbocycles. The van der Waals surface area contributed by atoms with Crippen LogP contribution in [-0.4, -0.2) is 26.8 Å². The molecule has 0 amide bonds. The van der Waals surface area contributed by atoms with Crippen LogP contribution in [-0.2, 0) is 21.1 Å². The fourth-order valence-electron chi connectivity index (χ4n) is 9.68. The fraction of sp³-hybridized carbons (Fsp3) is 0.0476. The first-order valence-electron chi connectivity index (χ1n) is 27.9. The molecule has 0 radical (unpaired) electrons. The Morgan fingerprint density at radius 1 is 0.563 bits per heavy atom. The second-order valence-electron chi connectivity index (χ2n) is 18.1. The number of aromatic nitrogens is 5. The predicted molar refractivity (Wildman–Crippen MR) is 288 cm³/mol. The minimum absolute atomic E-state index is 0. The summed E-state index contributed by atoms with van der Waals surface area (Å²) >= 11 is 0. The summed E-state index contributed by atoms with van der Waals surface area (Å²) in [5.41, 5.74) is 6.15. The van der Waals surface area contributed by atoms with E-state index in [0.29, 0.717) is 28.2 Å². The molecule has 0 spiro atoms. The second kappa shape index (κ2) is 17.7. The van der Waals surface area contributed by atoms with Crippen molar-refractivity contribution in [3.63, 3.8) is 0 Å². The Bertz CT molecular complexity index is 4580. The van der Waals surface area contributed by atoms with Crippen LogP contribution in [0, 0.1) is 18.5 Å². The van der Waals surface area contributed by atoms with E-state index in [4.69, 9.17) is 23.4 Å². The maximum atomic E-state index is 9.12. The topological polar surface area (TPSA) is 40.8 Å². The van der Waals surface area contributed by atoms with E-state index in [2.05, 4.69) is 102 Å². The van der Waals surface area contributed by atoms with Crippen molar-refractivity contribution in [3.8, 4) is 56.6 Å². The molecule has 0 fully saturated rings. The van der Waals surface area contributed by atoms with Crippen LogP contribution in [0.1, 0.15) is 13.7 Å². The Morgan fingerprint density at radius 3 is 1.76 bits per heavy atom. The summed E-state index contributed by atoms with van der Waals surface area (Å²) in [6, 6.07) is 51.0. The summed E-state index contributed by atoms with van der Waals surface area (Å²) in [4.78, 5) is 4.96.